The first-order chi connectivity index (χ1) is 17.1. The Morgan fingerprint density at radius 1 is 1.37 bits per heavy atom. The van der Waals surface area contributed by atoms with Crippen molar-refractivity contribution in [3.05, 3.63) is 53.7 Å². The van der Waals surface area contributed by atoms with E-state index in [0.29, 0.717) is 36.8 Å². The van der Waals surface area contributed by atoms with Crippen molar-refractivity contribution in [2.24, 2.45) is 16.6 Å². The minimum atomic E-state index is -0.144. The van der Waals surface area contributed by atoms with Gasteiger partial charge >= 0.3 is 0 Å². The highest BCUT2D eigenvalue weighted by Crippen LogP contribution is 2.21. The lowest BCUT2D eigenvalue weighted by Gasteiger charge is -2.22. The Morgan fingerprint density at radius 2 is 2.26 bits per heavy atom. The van der Waals surface area contributed by atoms with Crippen LogP contribution in [0.3, 0.4) is 0 Å². The number of fused-ring (bicyclic) bond motifs is 1. The van der Waals surface area contributed by atoms with E-state index in [2.05, 4.69) is 20.1 Å². The van der Waals surface area contributed by atoms with Gasteiger partial charge in [-0.3, -0.25) is 10.0 Å². The van der Waals surface area contributed by atoms with Crippen LogP contribution in [-0.4, -0.2) is 57.0 Å². The van der Waals surface area contributed by atoms with Crippen LogP contribution in [0.15, 0.2) is 41.9 Å². The summed E-state index contributed by atoms with van der Waals surface area (Å²) in [5.41, 5.74) is 15.4. The zero-order chi connectivity index (χ0) is 24.6. The predicted molar refractivity (Wildman–Crippen MR) is 133 cm³/mol. The Balaban J connectivity index is 1.41. The molecule has 7 N–H and O–H groups in total. The number of aliphatic imine (C=N–C) groups is 1. The molecule has 4 heterocycles. The van der Waals surface area contributed by atoms with Gasteiger partial charge in [0.25, 0.3) is 0 Å². The highest BCUT2D eigenvalue weighted by atomic mass is 16.7. The van der Waals surface area contributed by atoms with Gasteiger partial charge in [0, 0.05) is 36.4 Å². The molecule has 35 heavy (non-hydrogen) atoms. The summed E-state index contributed by atoms with van der Waals surface area (Å²) in [5.74, 6) is 6.80. The minimum Gasteiger partial charge on any atom is -0.404 e. The van der Waals surface area contributed by atoms with Gasteiger partial charge in [0.2, 0.25) is 0 Å². The maximum absolute atomic E-state index is 9.51. The molecule has 0 aromatic carbocycles. The van der Waals surface area contributed by atoms with Crippen LogP contribution in [0.5, 0.6) is 0 Å². The molecule has 12 heteroatoms. The van der Waals surface area contributed by atoms with Crippen molar-refractivity contribution in [1.29, 1.82) is 0 Å². The van der Waals surface area contributed by atoms with Gasteiger partial charge < -0.3 is 26.0 Å². The molecule has 0 spiro atoms. The van der Waals surface area contributed by atoms with E-state index in [-0.39, 0.29) is 18.7 Å². The number of nitrogen functional groups attached to an aromatic ring is 1. The van der Waals surface area contributed by atoms with Crippen molar-refractivity contribution in [2.45, 2.75) is 38.7 Å². The molecule has 4 rings (SSSR count). The highest BCUT2D eigenvalue weighted by Gasteiger charge is 2.15. The molecule has 0 aliphatic carbocycles. The predicted octanol–water partition coefficient (Wildman–Crippen LogP) is 0.993. The molecule has 0 bridgehead atoms. The Hall–Kier alpha value is -3.58. The molecular weight excluding hydrogens is 450 g/mol. The lowest BCUT2D eigenvalue weighted by Crippen LogP contribution is -2.32. The summed E-state index contributed by atoms with van der Waals surface area (Å²) >= 11 is 0. The number of hydrogen-bond acceptors (Lipinski definition) is 11. The molecule has 3 aromatic rings. The zero-order valence-corrected chi connectivity index (χ0v) is 19.5. The van der Waals surface area contributed by atoms with Crippen LogP contribution in [0.4, 0.5) is 11.6 Å². The van der Waals surface area contributed by atoms with E-state index in [1.807, 2.05) is 12.1 Å². The second-order valence-corrected chi connectivity index (χ2v) is 8.11. The highest BCUT2D eigenvalue weighted by molar-refractivity contribution is 6.08. The van der Waals surface area contributed by atoms with Gasteiger partial charge in [-0.05, 0) is 37.0 Å². The molecule has 1 atom stereocenters. The van der Waals surface area contributed by atoms with E-state index >= 15 is 0 Å². The number of nitrogens with two attached hydrogens (primary N) is 3. The van der Waals surface area contributed by atoms with Gasteiger partial charge in [0.05, 0.1) is 49.9 Å². The lowest BCUT2D eigenvalue weighted by atomic mass is 10.2. The summed E-state index contributed by atoms with van der Waals surface area (Å²) in [6.45, 7) is 1.86. The monoisotopic (exact) mass is 481 g/mol. The summed E-state index contributed by atoms with van der Waals surface area (Å²) in [6, 6.07) is 3.79. The van der Waals surface area contributed by atoms with Gasteiger partial charge in [0.1, 0.15) is 0 Å². The third kappa shape index (κ3) is 6.11. The molecule has 1 aliphatic rings. The van der Waals surface area contributed by atoms with Crippen molar-refractivity contribution >= 4 is 28.9 Å². The number of aliphatic hydroxyl groups excluding tert-OH is 1. The van der Waals surface area contributed by atoms with Crippen molar-refractivity contribution in [3.63, 3.8) is 0 Å². The van der Waals surface area contributed by atoms with Gasteiger partial charge in [-0.1, -0.05) is 0 Å². The number of nitrogens with zero attached hydrogens (tertiary/aromatic N) is 6. The molecule has 186 valence electrons. The topological polar surface area (TPSA) is 175 Å². The SMILES string of the molecule is NC=C(C=NCCOC1CCCCO1)c1cnc(N)c(N(N)Cc2ccn3ncc(CO)c3c2)n1. The lowest BCUT2D eigenvalue weighted by molar-refractivity contribution is -0.160. The van der Waals surface area contributed by atoms with Gasteiger partial charge in [-0.25, -0.2) is 20.3 Å². The third-order valence-corrected chi connectivity index (χ3v) is 5.61. The number of pyridine rings is 1. The fraction of sp³-hybridized carbons (Fsp3) is 0.391. The molecule has 1 aliphatic heterocycles. The number of aromatic nitrogens is 4. The van der Waals surface area contributed by atoms with Crippen LogP contribution in [0.2, 0.25) is 0 Å². The number of anilines is 2. The molecule has 3 aromatic heterocycles. The quantitative estimate of drug-likeness (QED) is 0.141. The zero-order valence-electron chi connectivity index (χ0n) is 19.5. The van der Waals surface area contributed by atoms with Crippen LogP contribution < -0.4 is 22.3 Å². The summed E-state index contributed by atoms with van der Waals surface area (Å²) < 4.78 is 12.9. The Labute approximate surface area is 203 Å². The summed E-state index contributed by atoms with van der Waals surface area (Å²) in [5, 5.41) is 15.1. The van der Waals surface area contributed by atoms with E-state index < -0.39 is 0 Å². The van der Waals surface area contributed by atoms with Crippen LogP contribution >= 0.6 is 0 Å². The largest absolute Gasteiger partial charge is 0.404 e. The average molecular weight is 482 g/mol. The van der Waals surface area contributed by atoms with Crippen LogP contribution in [-0.2, 0) is 22.6 Å². The van der Waals surface area contributed by atoms with E-state index in [0.717, 1.165) is 42.5 Å². The first kappa shape index (κ1) is 24.5. The third-order valence-electron chi connectivity index (χ3n) is 5.61. The molecule has 1 fully saturated rings. The van der Waals surface area contributed by atoms with Crippen molar-refractivity contribution < 1.29 is 14.6 Å². The fourth-order valence-corrected chi connectivity index (χ4v) is 3.74. The van der Waals surface area contributed by atoms with Gasteiger partial charge in [0.15, 0.2) is 17.9 Å². The standard InChI is InChI=1S/C23H31N9O3/c24-10-17(11-27-5-8-35-21-3-1-2-7-34-21)19-13-28-22(25)23(30-19)31(26)14-16-4-6-32-20(9-16)18(15-33)12-29-32/h4,6,9-13,21,33H,1-3,5,7-8,14-15,24,26H2,(H2,25,28). The van der Waals surface area contributed by atoms with E-state index in [4.69, 9.17) is 26.8 Å². The molecule has 0 saturated carbocycles. The number of hydrazine groups is 1. The number of hydrogen-bond donors (Lipinski definition) is 4. The van der Waals surface area contributed by atoms with Gasteiger partial charge in [-0.15, -0.1) is 0 Å². The van der Waals surface area contributed by atoms with Crippen LogP contribution in [0.25, 0.3) is 11.1 Å². The average Bonchev–Trinajstić information content (AvgIpc) is 3.29. The number of aliphatic hydroxyl groups is 1. The first-order valence-corrected chi connectivity index (χ1v) is 11.4. The number of allylic oxidation sites excluding steroid dienone is 1. The smallest absolute Gasteiger partial charge is 0.186 e. The molecule has 12 nitrogen and oxygen atoms in total. The Kier molecular flexibility index (Phi) is 8.21. The molecular formula is C23H31N9O3. The van der Waals surface area contributed by atoms with Crippen LogP contribution in [0, 0.1) is 0 Å². The Bertz CT molecular complexity index is 1190. The summed E-state index contributed by atoms with van der Waals surface area (Å²) in [7, 11) is 0. The molecule has 0 amide bonds. The van der Waals surface area contributed by atoms with Crippen molar-refractivity contribution in [2.75, 3.05) is 30.5 Å². The van der Waals surface area contributed by atoms with Gasteiger partial charge in [-0.2, -0.15) is 5.10 Å². The van der Waals surface area contributed by atoms with Crippen molar-refractivity contribution in [1.82, 2.24) is 19.6 Å². The second kappa shape index (κ2) is 11.7. The fourth-order valence-electron chi connectivity index (χ4n) is 3.74. The van der Waals surface area contributed by atoms with Crippen LogP contribution in [0.1, 0.15) is 36.1 Å². The summed E-state index contributed by atoms with van der Waals surface area (Å²) in [6.07, 6.45) is 11.0. The maximum atomic E-state index is 9.51. The maximum Gasteiger partial charge on any atom is 0.186 e. The Morgan fingerprint density at radius 3 is 3.03 bits per heavy atom. The normalized spacial score (nSPS) is 16.9. The molecule has 1 saturated heterocycles. The number of ether oxygens (including phenoxy) is 2. The molecule has 1 unspecified atom stereocenters. The van der Waals surface area contributed by atoms with E-state index in [1.54, 1.807) is 23.1 Å². The summed E-state index contributed by atoms with van der Waals surface area (Å²) in [4.78, 5) is 13.2. The number of rotatable bonds is 10. The molecule has 0 radical (unpaired) electrons. The minimum absolute atomic E-state index is 0.101. The van der Waals surface area contributed by atoms with Crippen molar-refractivity contribution in [3.8, 4) is 0 Å². The van der Waals surface area contributed by atoms with E-state index in [1.165, 1.54) is 17.4 Å². The van der Waals surface area contributed by atoms with E-state index in [9.17, 15) is 5.11 Å². The first-order valence-electron chi connectivity index (χ1n) is 11.4. The second-order valence-electron chi connectivity index (χ2n) is 8.11.